The third-order valence-electron chi connectivity index (χ3n) is 5.07. The summed E-state index contributed by atoms with van der Waals surface area (Å²) < 4.78 is 55.6. The molecule has 1 aliphatic rings. The Morgan fingerprint density at radius 3 is 2.03 bits per heavy atom. The van der Waals surface area contributed by atoms with Gasteiger partial charge in [0.25, 0.3) is 0 Å². The molecule has 31 heavy (non-hydrogen) atoms. The highest BCUT2D eigenvalue weighted by Crippen LogP contribution is 2.23. The van der Waals surface area contributed by atoms with Crippen LogP contribution in [0.1, 0.15) is 17.2 Å². The van der Waals surface area contributed by atoms with E-state index in [-0.39, 0.29) is 18.0 Å². The van der Waals surface area contributed by atoms with Crippen LogP contribution in [-0.2, 0) is 10.0 Å². The molecule has 0 aliphatic carbocycles. The fourth-order valence-corrected chi connectivity index (χ4v) is 5.12. The Hall–Kier alpha value is -2.92. The summed E-state index contributed by atoms with van der Waals surface area (Å²) in [6.07, 6.45) is 0. The number of sulfonamides is 1. The molecule has 8 nitrogen and oxygen atoms in total. The van der Waals surface area contributed by atoms with Gasteiger partial charge in [0.15, 0.2) is 5.82 Å². The molecular formula is C20H22F2N6O2S. The maximum Gasteiger partial charge on any atom is 0.243 e. The molecule has 0 atom stereocenters. The van der Waals surface area contributed by atoms with Crippen molar-refractivity contribution in [2.75, 3.05) is 31.1 Å². The van der Waals surface area contributed by atoms with Crippen LogP contribution >= 0.6 is 0 Å². The largest absolute Gasteiger partial charge is 0.354 e. The van der Waals surface area contributed by atoms with Crippen LogP contribution in [0.25, 0.3) is 5.82 Å². The van der Waals surface area contributed by atoms with Gasteiger partial charge in [-0.3, -0.25) is 0 Å². The smallest absolute Gasteiger partial charge is 0.243 e. The van der Waals surface area contributed by atoms with Crippen LogP contribution in [0.3, 0.4) is 0 Å². The van der Waals surface area contributed by atoms with E-state index in [1.165, 1.54) is 4.31 Å². The molecule has 2 aromatic heterocycles. The van der Waals surface area contributed by atoms with Gasteiger partial charge in [0, 0.05) is 44.0 Å². The van der Waals surface area contributed by atoms with Gasteiger partial charge in [0.05, 0.1) is 10.6 Å². The second kappa shape index (κ2) is 7.97. The number of rotatable bonds is 4. The number of benzene rings is 1. The second-order valence-corrected chi connectivity index (χ2v) is 9.40. The van der Waals surface area contributed by atoms with Crippen molar-refractivity contribution in [3.8, 4) is 5.82 Å². The highest BCUT2D eigenvalue weighted by molar-refractivity contribution is 7.89. The molecule has 164 valence electrons. The molecule has 0 radical (unpaired) electrons. The summed E-state index contributed by atoms with van der Waals surface area (Å²) in [5.41, 5.74) is 1.82. The zero-order valence-corrected chi connectivity index (χ0v) is 18.2. The molecule has 4 rings (SSSR count). The van der Waals surface area contributed by atoms with E-state index in [9.17, 15) is 17.2 Å². The lowest BCUT2D eigenvalue weighted by molar-refractivity contribution is 0.383. The zero-order chi connectivity index (χ0) is 22.3. The van der Waals surface area contributed by atoms with Crippen molar-refractivity contribution in [1.29, 1.82) is 0 Å². The zero-order valence-electron chi connectivity index (χ0n) is 17.4. The van der Waals surface area contributed by atoms with E-state index in [1.807, 2.05) is 30.9 Å². The van der Waals surface area contributed by atoms with Gasteiger partial charge in [-0.05, 0) is 39.0 Å². The van der Waals surface area contributed by atoms with Gasteiger partial charge >= 0.3 is 0 Å². The molecule has 1 aliphatic heterocycles. The highest BCUT2D eigenvalue weighted by atomic mass is 32.2. The third-order valence-corrected chi connectivity index (χ3v) is 6.95. The lowest BCUT2D eigenvalue weighted by atomic mass is 10.3. The Bertz CT molecular complexity index is 1220. The Kier molecular flexibility index (Phi) is 5.48. The van der Waals surface area contributed by atoms with Crippen LogP contribution in [0.2, 0.25) is 0 Å². The van der Waals surface area contributed by atoms with Crippen LogP contribution in [0.15, 0.2) is 35.2 Å². The predicted octanol–water partition coefficient (Wildman–Crippen LogP) is 2.38. The first-order valence-electron chi connectivity index (χ1n) is 9.74. The van der Waals surface area contributed by atoms with E-state index in [0.29, 0.717) is 36.6 Å². The molecule has 0 saturated carbocycles. The average molecular weight is 448 g/mol. The van der Waals surface area contributed by atoms with Gasteiger partial charge in [-0.1, -0.05) is 0 Å². The standard InChI is InChI=1S/C20H22F2N6O2S/c1-13-8-14(2)28(25-13)20-12-19(23-15(3)24-20)26-4-6-27(7-5-26)31(29,30)18-10-16(21)9-17(22)11-18/h8-12H,4-7H2,1-3H3. The molecule has 0 spiro atoms. The van der Waals surface area contributed by atoms with Crippen molar-refractivity contribution in [1.82, 2.24) is 24.1 Å². The maximum absolute atomic E-state index is 13.5. The van der Waals surface area contributed by atoms with Gasteiger partial charge in [0.1, 0.15) is 23.3 Å². The van der Waals surface area contributed by atoms with E-state index in [0.717, 1.165) is 23.5 Å². The number of hydrogen-bond donors (Lipinski definition) is 0. The minimum absolute atomic E-state index is 0.165. The molecule has 3 heterocycles. The topological polar surface area (TPSA) is 84.2 Å². The minimum atomic E-state index is -4.00. The summed E-state index contributed by atoms with van der Waals surface area (Å²) in [4.78, 5) is 10.5. The van der Waals surface area contributed by atoms with Gasteiger partial charge < -0.3 is 4.90 Å². The lowest BCUT2D eigenvalue weighted by Gasteiger charge is -2.34. The van der Waals surface area contributed by atoms with Crippen molar-refractivity contribution in [3.05, 3.63) is 59.2 Å². The van der Waals surface area contributed by atoms with Crippen molar-refractivity contribution in [2.45, 2.75) is 25.7 Å². The summed E-state index contributed by atoms with van der Waals surface area (Å²) in [6.45, 7) is 6.72. The monoisotopic (exact) mass is 448 g/mol. The number of nitrogens with zero attached hydrogens (tertiary/aromatic N) is 6. The summed E-state index contributed by atoms with van der Waals surface area (Å²) in [7, 11) is -4.00. The Labute approximate surface area is 179 Å². The summed E-state index contributed by atoms with van der Waals surface area (Å²) >= 11 is 0. The van der Waals surface area contributed by atoms with E-state index >= 15 is 0 Å². The summed E-state index contributed by atoms with van der Waals surface area (Å²) in [5.74, 6) is 0.0309. The fraction of sp³-hybridized carbons (Fsp3) is 0.350. The lowest BCUT2D eigenvalue weighted by Crippen LogP contribution is -2.49. The van der Waals surface area contributed by atoms with Crippen LogP contribution in [0, 0.1) is 32.4 Å². The van der Waals surface area contributed by atoms with Crippen molar-refractivity contribution >= 4 is 15.8 Å². The molecule has 11 heteroatoms. The first-order chi connectivity index (χ1) is 14.6. The van der Waals surface area contributed by atoms with Gasteiger partial charge in [0.2, 0.25) is 10.0 Å². The van der Waals surface area contributed by atoms with Crippen LogP contribution in [0.4, 0.5) is 14.6 Å². The summed E-state index contributed by atoms with van der Waals surface area (Å²) in [5, 5.41) is 4.46. The first kappa shape index (κ1) is 21.3. The second-order valence-electron chi connectivity index (χ2n) is 7.47. The number of anilines is 1. The van der Waals surface area contributed by atoms with Crippen molar-refractivity contribution in [3.63, 3.8) is 0 Å². The predicted molar refractivity (Wildman–Crippen MR) is 111 cm³/mol. The quantitative estimate of drug-likeness (QED) is 0.609. The molecule has 1 fully saturated rings. The summed E-state index contributed by atoms with van der Waals surface area (Å²) in [6, 6.07) is 6.09. The highest BCUT2D eigenvalue weighted by Gasteiger charge is 2.30. The molecule has 0 bridgehead atoms. The third kappa shape index (κ3) is 4.28. The molecule has 0 N–H and O–H groups in total. The number of aryl methyl sites for hydroxylation is 3. The van der Waals surface area contributed by atoms with Crippen LogP contribution in [0.5, 0.6) is 0 Å². The van der Waals surface area contributed by atoms with E-state index in [4.69, 9.17) is 0 Å². The van der Waals surface area contributed by atoms with Gasteiger partial charge in [-0.15, -0.1) is 0 Å². The normalized spacial score (nSPS) is 15.5. The van der Waals surface area contributed by atoms with Crippen molar-refractivity contribution in [2.24, 2.45) is 0 Å². The fourth-order valence-electron chi connectivity index (χ4n) is 3.65. The molecule has 1 saturated heterocycles. The number of piperazine rings is 1. The first-order valence-corrected chi connectivity index (χ1v) is 11.2. The Balaban J connectivity index is 1.54. The molecule has 0 unspecified atom stereocenters. The molecular weight excluding hydrogens is 426 g/mol. The van der Waals surface area contributed by atoms with E-state index in [1.54, 1.807) is 11.6 Å². The molecule has 1 aromatic carbocycles. The number of halogens is 2. The van der Waals surface area contributed by atoms with Gasteiger partial charge in [-0.2, -0.15) is 9.40 Å². The molecule has 0 amide bonds. The maximum atomic E-state index is 13.5. The minimum Gasteiger partial charge on any atom is -0.354 e. The van der Waals surface area contributed by atoms with Crippen LogP contribution in [-0.4, -0.2) is 58.7 Å². The molecule has 3 aromatic rings. The van der Waals surface area contributed by atoms with E-state index in [2.05, 4.69) is 15.1 Å². The van der Waals surface area contributed by atoms with Crippen molar-refractivity contribution < 1.29 is 17.2 Å². The van der Waals surface area contributed by atoms with E-state index < -0.39 is 21.7 Å². The van der Waals surface area contributed by atoms with Crippen LogP contribution < -0.4 is 4.90 Å². The number of hydrogen-bond acceptors (Lipinski definition) is 6. The average Bonchev–Trinajstić information content (AvgIpc) is 3.05. The Morgan fingerprint density at radius 1 is 0.839 bits per heavy atom. The Morgan fingerprint density at radius 2 is 1.45 bits per heavy atom. The van der Waals surface area contributed by atoms with Gasteiger partial charge in [-0.25, -0.2) is 31.8 Å². The number of aromatic nitrogens is 4. The SMILES string of the molecule is Cc1cc(C)n(-c2cc(N3CCN(S(=O)(=O)c4cc(F)cc(F)c4)CC3)nc(C)n2)n1.